The Morgan fingerprint density at radius 2 is 1.81 bits per heavy atom. The third kappa shape index (κ3) is 3.53. The van der Waals surface area contributed by atoms with Gasteiger partial charge in [-0.25, -0.2) is 13.1 Å². The number of nitrogen functional groups attached to an aromatic ring is 1. The Hall–Kier alpha value is -2.05. The van der Waals surface area contributed by atoms with Crippen LogP contribution in [0.15, 0.2) is 53.4 Å². The van der Waals surface area contributed by atoms with Crippen LogP contribution in [0.2, 0.25) is 0 Å². The summed E-state index contributed by atoms with van der Waals surface area (Å²) in [6.45, 7) is 0.647. The minimum Gasteiger partial charge on any atom is -0.397 e. The molecule has 0 aromatic heterocycles. The number of sulfonamides is 1. The summed E-state index contributed by atoms with van der Waals surface area (Å²) in [7, 11) is -0.205. The van der Waals surface area contributed by atoms with Gasteiger partial charge in [-0.05, 0) is 30.8 Å². The zero-order valence-corrected chi connectivity index (χ0v) is 12.9. The van der Waals surface area contributed by atoms with Gasteiger partial charge in [0, 0.05) is 13.6 Å². The van der Waals surface area contributed by atoms with E-state index >= 15 is 0 Å². The minimum atomic E-state index is -3.48. The minimum absolute atomic E-state index is 0.203. The molecule has 0 aliphatic rings. The summed E-state index contributed by atoms with van der Waals surface area (Å²) in [6.07, 6.45) is 0. The number of rotatable bonds is 5. The van der Waals surface area contributed by atoms with Crippen LogP contribution in [0.4, 0.5) is 11.4 Å². The smallest absolute Gasteiger partial charge is 0.240 e. The molecule has 0 unspecified atom stereocenters. The van der Waals surface area contributed by atoms with E-state index in [1.54, 1.807) is 12.1 Å². The normalized spacial score (nSPS) is 11.3. The molecule has 21 heavy (non-hydrogen) atoms. The Labute approximate surface area is 125 Å². The standard InChI is InChI=1S/C15H19N3O2S/c1-17-21(19,20)13-8-9-14(16)15(10-13)18(2)11-12-6-4-3-5-7-12/h3-10,17H,11,16H2,1-2H3. The van der Waals surface area contributed by atoms with Crippen molar-refractivity contribution in [2.24, 2.45) is 0 Å². The highest BCUT2D eigenvalue weighted by Crippen LogP contribution is 2.26. The number of benzene rings is 2. The molecule has 3 N–H and O–H groups in total. The van der Waals surface area contributed by atoms with Crippen molar-refractivity contribution in [3.05, 3.63) is 54.1 Å². The molecular formula is C15H19N3O2S. The van der Waals surface area contributed by atoms with Gasteiger partial charge in [-0.3, -0.25) is 0 Å². The van der Waals surface area contributed by atoms with E-state index in [-0.39, 0.29) is 4.90 Å². The second-order valence-corrected chi connectivity index (χ2v) is 6.66. The third-order valence-corrected chi connectivity index (χ3v) is 4.67. The number of hydrogen-bond acceptors (Lipinski definition) is 4. The largest absolute Gasteiger partial charge is 0.397 e. The Kier molecular flexibility index (Phi) is 4.50. The highest BCUT2D eigenvalue weighted by Gasteiger charge is 2.15. The predicted molar refractivity (Wildman–Crippen MR) is 85.6 cm³/mol. The third-order valence-electron chi connectivity index (χ3n) is 3.25. The molecule has 0 saturated carbocycles. The Morgan fingerprint density at radius 1 is 1.14 bits per heavy atom. The molecule has 112 valence electrons. The van der Waals surface area contributed by atoms with Crippen LogP contribution in [0.5, 0.6) is 0 Å². The molecule has 0 radical (unpaired) electrons. The lowest BCUT2D eigenvalue weighted by Gasteiger charge is -2.22. The highest BCUT2D eigenvalue weighted by atomic mass is 32.2. The monoisotopic (exact) mass is 305 g/mol. The maximum absolute atomic E-state index is 11.9. The van der Waals surface area contributed by atoms with Gasteiger partial charge in [-0.2, -0.15) is 0 Å². The average molecular weight is 305 g/mol. The van der Waals surface area contributed by atoms with Crippen molar-refractivity contribution in [3.8, 4) is 0 Å². The van der Waals surface area contributed by atoms with E-state index < -0.39 is 10.0 Å². The number of hydrogen-bond donors (Lipinski definition) is 2. The fourth-order valence-electron chi connectivity index (χ4n) is 2.08. The van der Waals surface area contributed by atoms with Gasteiger partial charge in [0.2, 0.25) is 10.0 Å². The van der Waals surface area contributed by atoms with Crippen LogP contribution in [-0.2, 0) is 16.6 Å². The summed E-state index contributed by atoms with van der Waals surface area (Å²) in [5.41, 5.74) is 8.33. The molecule has 0 heterocycles. The molecule has 5 nitrogen and oxygen atoms in total. The second kappa shape index (κ2) is 6.15. The molecule has 6 heteroatoms. The predicted octanol–water partition coefficient (Wildman–Crippen LogP) is 1.81. The van der Waals surface area contributed by atoms with Gasteiger partial charge < -0.3 is 10.6 Å². The maximum Gasteiger partial charge on any atom is 0.240 e. The van der Waals surface area contributed by atoms with Crippen molar-refractivity contribution in [2.75, 3.05) is 24.7 Å². The molecule has 0 amide bonds. The van der Waals surface area contributed by atoms with Crippen LogP contribution in [-0.4, -0.2) is 22.5 Å². The van der Waals surface area contributed by atoms with Crippen molar-refractivity contribution in [3.63, 3.8) is 0 Å². The first-order valence-electron chi connectivity index (χ1n) is 6.52. The zero-order valence-electron chi connectivity index (χ0n) is 12.1. The molecule has 2 aromatic rings. The fraction of sp³-hybridized carbons (Fsp3) is 0.200. The van der Waals surface area contributed by atoms with Crippen molar-refractivity contribution in [1.29, 1.82) is 0 Å². The summed E-state index contributed by atoms with van der Waals surface area (Å²) >= 11 is 0. The van der Waals surface area contributed by atoms with Crippen molar-refractivity contribution >= 4 is 21.4 Å². The van der Waals surface area contributed by atoms with Crippen LogP contribution < -0.4 is 15.4 Å². The second-order valence-electron chi connectivity index (χ2n) is 4.77. The maximum atomic E-state index is 11.9. The molecule has 0 atom stereocenters. The quantitative estimate of drug-likeness (QED) is 0.826. The molecule has 0 bridgehead atoms. The van der Waals surface area contributed by atoms with Crippen LogP contribution in [0.3, 0.4) is 0 Å². The number of nitrogens with two attached hydrogens (primary N) is 1. The number of nitrogens with one attached hydrogen (secondary N) is 1. The molecule has 0 fully saturated rings. The summed E-state index contributed by atoms with van der Waals surface area (Å²) in [4.78, 5) is 2.13. The van der Waals surface area contributed by atoms with Gasteiger partial charge >= 0.3 is 0 Å². The number of nitrogens with zero attached hydrogens (tertiary/aromatic N) is 1. The molecule has 0 saturated heterocycles. The summed E-state index contributed by atoms with van der Waals surface area (Å²) in [5.74, 6) is 0. The van der Waals surface area contributed by atoms with Crippen molar-refractivity contribution in [1.82, 2.24) is 4.72 Å². The van der Waals surface area contributed by atoms with E-state index in [4.69, 9.17) is 5.73 Å². The van der Waals surface area contributed by atoms with E-state index in [1.165, 1.54) is 13.1 Å². The first-order chi connectivity index (χ1) is 9.94. The van der Waals surface area contributed by atoms with Crippen LogP contribution >= 0.6 is 0 Å². The lowest BCUT2D eigenvalue weighted by molar-refractivity contribution is 0.588. The van der Waals surface area contributed by atoms with Gasteiger partial charge in [0.1, 0.15) is 0 Å². The lowest BCUT2D eigenvalue weighted by Crippen LogP contribution is -2.21. The zero-order chi connectivity index (χ0) is 15.5. The van der Waals surface area contributed by atoms with E-state index in [1.807, 2.05) is 42.3 Å². The number of anilines is 2. The van der Waals surface area contributed by atoms with E-state index in [0.29, 0.717) is 17.9 Å². The van der Waals surface area contributed by atoms with E-state index in [2.05, 4.69) is 4.72 Å². The average Bonchev–Trinajstić information content (AvgIpc) is 2.48. The summed E-state index contributed by atoms with van der Waals surface area (Å²) < 4.78 is 26.1. The van der Waals surface area contributed by atoms with Gasteiger partial charge in [-0.1, -0.05) is 30.3 Å². The van der Waals surface area contributed by atoms with Gasteiger partial charge in [0.15, 0.2) is 0 Å². The fourth-order valence-corrected chi connectivity index (χ4v) is 2.83. The van der Waals surface area contributed by atoms with E-state index in [0.717, 1.165) is 5.56 Å². The van der Waals surface area contributed by atoms with Crippen LogP contribution in [0.25, 0.3) is 0 Å². The van der Waals surface area contributed by atoms with Crippen LogP contribution in [0, 0.1) is 0 Å². The Morgan fingerprint density at radius 3 is 2.43 bits per heavy atom. The summed E-state index contributed by atoms with van der Waals surface area (Å²) in [6, 6.07) is 14.6. The first-order valence-corrected chi connectivity index (χ1v) is 8.00. The molecular weight excluding hydrogens is 286 g/mol. The van der Waals surface area contributed by atoms with E-state index in [9.17, 15) is 8.42 Å². The lowest BCUT2D eigenvalue weighted by atomic mass is 10.2. The highest BCUT2D eigenvalue weighted by molar-refractivity contribution is 7.89. The van der Waals surface area contributed by atoms with Gasteiger partial charge in [0.05, 0.1) is 16.3 Å². The molecule has 0 aliphatic heterocycles. The van der Waals surface area contributed by atoms with Crippen molar-refractivity contribution in [2.45, 2.75) is 11.4 Å². The Bertz CT molecular complexity index is 715. The topological polar surface area (TPSA) is 75.4 Å². The first kappa shape index (κ1) is 15.3. The molecule has 0 aliphatic carbocycles. The molecule has 0 spiro atoms. The Balaban J connectivity index is 2.32. The summed E-state index contributed by atoms with van der Waals surface area (Å²) in [5, 5.41) is 0. The van der Waals surface area contributed by atoms with Crippen LogP contribution in [0.1, 0.15) is 5.56 Å². The van der Waals surface area contributed by atoms with Crippen molar-refractivity contribution < 1.29 is 8.42 Å². The van der Waals surface area contributed by atoms with Gasteiger partial charge in [-0.15, -0.1) is 0 Å². The SMILES string of the molecule is CNS(=O)(=O)c1ccc(N)c(N(C)Cc2ccccc2)c1. The van der Waals surface area contributed by atoms with Gasteiger partial charge in [0.25, 0.3) is 0 Å². The molecule has 2 aromatic carbocycles. The molecule has 2 rings (SSSR count).